The van der Waals surface area contributed by atoms with Gasteiger partial charge in [0.2, 0.25) is 0 Å². The molecule has 0 N–H and O–H groups in total. The summed E-state index contributed by atoms with van der Waals surface area (Å²) in [5, 5.41) is 8.37. The number of hydrogen-bond acceptors (Lipinski definition) is 0. The second-order valence-electron chi connectivity index (χ2n) is 21.1. The van der Waals surface area contributed by atoms with Gasteiger partial charge in [0, 0.05) is 0 Å². The molecule has 0 unspecified atom stereocenters. The molecule has 0 saturated heterocycles. The van der Waals surface area contributed by atoms with E-state index >= 15 is 0 Å². The molecular formula is C62H69Cl2SiZr-3. The van der Waals surface area contributed by atoms with Crippen LogP contribution in [0, 0.1) is 6.07 Å². The summed E-state index contributed by atoms with van der Waals surface area (Å²) in [5.74, 6) is 2.13. The average molecular weight is 1000 g/mol. The molecule has 0 atom stereocenters. The van der Waals surface area contributed by atoms with Gasteiger partial charge in [-0.05, 0) is 56.8 Å². The molecule has 0 spiro atoms. The van der Waals surface area contributed by atoms with Crippen LogP contribution in [0.1, 0.15) is 154 Å². The van der Waals surface area contributed by atoms with Gasteiger partial charge in [0.25, 0.3) is 0 Å². The number of rotatable bonds is 6. The molecule has 342 valence electrons. The van der Waals surface area contributed by atoms with Gasteiger partial charge in [-0.2, -0.15) is 41.6 Å². The largest absolute Gasteiger partial charge is 0.184 e. The van der Waals surface area contributed by atoms with Crippen molar-refractivity contribution >= 4 is 58.5 Å². The molecule has 8 aromatic carbocycles. The van der Waals surface area contributed by atoms with Gasteiger partial charge in [0.15, 0.2) is 0 Å². The molecule has 0 amide bonds. The number of benzene rings is 6. The maximum Gasteiger partial charge on any atom is 0.0920 e. The summed E-state index contributed by atoms with van der Waals surface area (Å²) in [5.41, 5.74) is 17.3. The van der Waals surface area contributed by atoms with Crippen molar-refractivity contribution in [3.05, 3.63) is 179 Å². The zero-order valence-corrected chi connectivity index (χ0v) is 46.8. The van der Waals surface area contributed by atoms with E-state index in [4.69, 9.17) is 17.0 Å². The van der Waals surface area contributed by atoms with Crippen LogP contribution < -0.4 is 10.4 Å². The summed E-state index contributed by atoms with van der Waals surface area (Å²) in [6.45, 7) is 32.2. The summed E-state index contributed by atoms with van der Waals surface area (Å²) in [4.78, 5) is 0. The van der Waals surface area contributed by atoms with Crippen molar-refractivity contribution in [3.8, 4) is 33.4 Å². The Hall–Kier alpha value is -3.78. The molecule has 0 saturated carbocycles. The minimum atomic E-state index is -0.826. The third kappa shape index (κ3) is 11.7. The van der Waals surface area contributed by atoms with Crippen LogP contribution in [-0.4, -0.2) is 9.52 Å². The fourth-order valence-corrected chi connectivity index (χ4v) is 10.6. The van der Waals surface area contributed by atoms with Gasteiger partial charge in [-0.1, -0.05) is 203 Å². The van der Waals surface area contributed by atoms with Crippen molar-refractivity contribution in [2.24, 2.45) is 0 Å². The van der Waals surface area contributed by atoms with E-state index in [1.165, 1.54) is 98.7 Å². The molecule has 0 aliphatic carbocycles. The van der Waals surface area contributed by atoms with Crippen LogP contribution in [0.4, 0.5) is 0 Å². The topological polar surface area (TPSA) is 0 Å². The van der Waals surface area contributed by atoms with Crippen LogP contribution >= 0.6 is 17.0 Å². The first kappa shape index (κ1) is 51.6. The van der Waals surface area contributed by atoms with Crippen LogP contribution in [0.15, 0.2) is 140 Å². The molecule has 8 aromatic rings. The van der Waals surface area contributed by atoms with Gasteiger partial charge in [0.1, 0.15) is 0 Å². The minimum Gasteiger partial charge on any atom is -0.184 e. The van der Waals surface area contributed by atoms with E-state index in [0.29, 0.717) is 23.7 Å². The van der Waals surface area contributed by atoms with Crippen molar-refractivity contribution in [3.63, 3.8) is 0 Å². The molecule has 0 nitrogen and oxygen atoms in total. The predicted octanol–water partition coefficient (Wildman–Crippen LogP) is 18.0. The molecule has 4 heteroatoms. The zero-order chi connectivity index (χ0) is 48.1. The van der Waals surface area contributed by atoms with E-state index in [2.05, 4.69) is 236 Å². The third-order valence-corrected chi connectivity index (χ3v) is 14.2. The van der Waals surface area contributed by atoms with Gasteiger partial charge in [0.05, 0.1) is 9.52 Å². The Morgan fingerprint density at radius 1 is 0.485 bits per heavy atom. The molecule has 0 aromatic heterocycles. The summed E-state index contributed by atoms with van der Waals surface area (Å²) >= 11 is -0.826. The van der Waals surface area contributed by atoms with Crippen molar-refractivity contribution in [1.29, 1.82) is 0 Å². The van der Waals surface area contributed by atoms with Crippen LogP contribution in [0.25, 0.3) is 54.9 Å². The summed E-state index contributed by atoms with van der Waals surface area (Å²) < 4.78 is 0. The molecule has 0 bridgehead atoms. The zero-order valence-electron chi connectivity index (χ0n) is 41.8. The summed E-state index contributed by atoms with van der Waals surface area (Å²) in [6, 6.07) is 54.9. The molecule has 66 heavy (non-hydrogen) atoms. The number of fused-ring (bicyclic) bond motifs is 5. The van der Waals surface area contributed by atoms with Crippen molar-refractivity contribution < 1.29 is 20.8 Å². The third-order valence-electron chi connectivity index (χ3n) is 12.8. The van der Waals surface area contributed by atoms with Crippen molar-refractivity contribution in [2.45, 2.75) is 131 Å². The normalized spacial score (nSPS) is 12.1. The van der Waals surface area contributed by atoms with Crippen LogP contribution in [0.2, 0.25) is 0 Å². The molecule has 1 aliphatic rings. The van der Waals surface area contributed by atoms with E-state index in [1.54, 1.807) is 0 Å². The average Bonchev–Trinajstić information content (AvgIpc) is 4.02. The Labute approximate surface area is 419 Å². The molecule has 1 aliphatic heterocycles. The maximum atomic E-state index is 4.93. The molecule has 1 heterocycles. The Kier molecular flexibility index (Phi) is 17.3. The number of halogens is 2. The van der Waals surface area contributed by atoms with Crippen LogP contribution in [0.3, 0.4) is 0 Å². The summed E-state index contributed by atoms with van der Waals surface area (Å²) in [6.07, 6.45) is 0. The van der Waals surface area contributed by atoms with E-state index in [1.807, 2.05) is 6.07 Å². The van der Waals surface area contributed by atoms with Gasteiger partial charge >= 0.3 is 37.9 Å². The Morgan fingerprint density at radius 2 is 0.879 bits per heavy atom. The fourth-order valence-electron chi connectivity index (χ4n) is 9.29. The monoisotopic (exact) mass is 1000 g/mol. The standard InChI is InChI=1S/2C25H31.C12H7Si.2ClH.Zr/c2*1-16(2)19-14-18-12-13-23(25(5,6)7)24(22(18)15-19)21-11-9-8-10-20(21)17(3)4;1-3-7-11-9(5-1)10-6-2-4-8-12(10)13-11;;;/h2*8-17H,1-7H3;1-7H;2*1H;/q3*-1;;;+2/p-2. The van der Waals surface area contributed by atoms with Gasteiger partial charge in [-0.25, -0.2) is 0 Å². The second kappa shape index (κ2) is 22.1. The van der Waals surface area contributed by atoms with Crippen molar-refractivity contribution in [1.82, 2.24) is 0 Å². The Bertz CT molecular complexity index is 2680. The molecule has 9 rings (SSSR count). The van der Waals surface area contributed by atoms with E-state index in [9.17, 15) is 0 Å². The minimum absolute atomic E-state index is 0.114. The second-order valence-corrected chi connectivity index (χ2v) is 26.1. The predicted molar refractivity (Wildman–Crippen MR) is 291 cm³/mol. The van der Waals surface area contributed by atoms with Gasteiger partial charge < -0.3 is 0 Å². The Balaban J connectivity index is 0.000000166. The molecule has 2 radical (unpaired) electrons. The van der Waals surface area contributed by atoms with E-state index in [0.717, 1.165) is 9.52 Å². The van der Waals surface area contributed by atoms with Gasteiger partial charge in [-0.3, -0.25) is 0 Å². The maximum absolute atomic E-state index is 4.93. The first-order valence-corrected chi connectivity index (χ1v) is 31.1. The first-order valence-electron chi connectivity index (χ1n) is 23.8. The van der Waals surface area contributed by atoms with Crippen LogP contribution in [0.5, 0.6) is 0 Å². The van der Waals surface area contributed by atoms with Crippen LogP contribution in [-0.2, 0) is 31.7 Å². The van der Waals surface area contributed by atoms with Crippen molar-refractivity contribution in [2.75, 3.05) is 0 Å². The quantitative estimate of drug-likeness (QED) is 0.115. The van der Waals surface area contributed by atoms with E-state index in [-0.39, 0.29) is 10.8 Å². The summed E-state index contributed by atoms with van der Waals surface area (Å²) in [7, 11) is 10.7. The molecule has 0 fully saturated rings. The van der Waals surface area contributed by atoms with Gasteiger partial charge in [-0.15, -0.1) is 74.6 Å². The fraction of sp³-hybridized carbons (Fsp3) is 0.323. The molecular weight excluding hydrogens is 935 g/mol. The Morgan fingerprint density at radius 3 is 1.29 bits per heavy atom. The SMILES string of the molecule is CC(C)c1cc2c(-c3ccccc3C(C)C)c(C(C)(C)C)ccc2[cH-]1.CC(C)c1cc2c(-c3ccccc3C(C)C)c(C(C)(C)C)ccc2[cH-]1.[Cl][Zr][Cl].[c-]1cccc2c1[Si]c1ccccc1-2. The first-order chi connectivity index (χ1) is 31.3. The van der Waals surface area contributed by atoms with E-state index < -0.39 is 20.8 Å². The smallest absolute Gasteiger partial charge is 0.0920 e. The number of hydrogen-bond donors (Lipinski definition) is 0.